The Hall–Kier alpha value is -3.06. The van der Waals surface area contributed by atoms with E-state index in [0.29, 0.717) is 30.2 Å². The molecular weight excluding hydrogens is 370 g/mol. The van der Waals surface area contributed by atoms with Crippen molar-refractivity contribution < 1.29 is 19.1 Å². The van der Waals surface area contributed by atoms with Gasteiger partial charge >= 0.3 is 0 Å². The molecule has 0 unspecified atom stereocenters. The highest BCUT2D eigenvalue weighted by molar-refractivity contribution is 5.95. The molecule has 0 aliphatic carbocycles. The van der Waals surface area contributed by atoms with Gasteiger partial charge in [-0.3, -0.25) is 14.5 Å². The van der Waals surface area contributed by atoms with E-state index in [2.05, 4.69) is 29.2 Å². The Morgan fingerprint density at radius 3 is 2.38 bits per heavy atom. The molecule has 2 N–H and O–H groups in total. The minimum atomic E-state index is -0.572. The van der Waals surface area contributed by atoms with E-state index in [1.165, 1.54) is 12.7 Å². The van der Waals surface area contributed by atoms with Crippen molar-refractivity contribution in [3.8, 4) is 11.5 Å². The highest BCUT2D eigenvalue weighted by atomic mass is 16.5. The molecule has 7 heteroatoms. The van der Waals surface area contributed by atoms with E-state index >= 15 is 0 Å². The van der Waals surface area contributed by atoms with Crippen LogP contribution in [0, 0.1) is 0 Å². The van der Waals surface area contributed by atoms with E-state index < -0.39 is 5.91 Å². The van der Waals surface area contributed by atoms with Crippen LogP contribution in [0.4, 0.5) is 0 Å². The normalized spacial score (nSPS) is 14.4. The van der Waals surface area contributed by atoms with Gasteiger partial charge in [0.2, 0.25) is 0 Å². The van der Waals surface area contributed by atoms with Crippen molar-refractivity contribution in [1.82, 2.24) is 9.80 Å². The van der Waals surface area contributed by atoms with Gasteiger partial charge in [-0.2, -0.15) is 0 Å². The van der Waals surface area contributed by atoms with Crippen LogP contribution in [-0.2, 0) is 11.2 Å². The largest absolute Gasteiger partial charge is 0.493 e. The minimum absolute atomic E-state index is 0.0348. The molecule has 0 bridgehead atoms. The molecule has 2 aromatic rings. The summed E-state index contributed by atoms with van der Waals surface area (Å²) < 4.78 is 10.6. The average molecular weight is 397 g/mol. The molecule has 3 rings (SSSR count). The van der Waals surface area contributed by atoms with Crippen molar-refractivity contribution in [2.45, 2.75) is 6.42 Å². The first-order chi connectivity index (χ1) is 14.1. The number of carbonyl (C=O) groups is 2. The van der Waals surface area contributed by atoms with E-state index in [9.17, 15) is 9.59 Å². The van der Waals surface area contributed by atoms with Gasteiger partial charge in [0.15, 0.2) is 18.1 Å². The maximum Gasteiger partial charge on any atom is 0.255 e. The summed E-state index contributed by atoms with van der Waals surface area (Å²) in [6.45, 7) is 3.84. The summed E-state index contributed by atoms with van der Waals surface area (Å²) in [7, 11) is 1.49. The number of hydrogen-bond donors (Lipinski definition) is 1. The molecule has 1 aliphatic rings. The van der Waals surface area contributed by atoms with Gasteiger partial charge in [-0.25, -0.2) is 0 Å². The number of ether oxygens (including phenoxy) is 2. The SMILES string of the molecule is COc1cc(C(=O)N2CCN(CCc3ccccc3)CC2)ccc1OCC(N)=O. The molecule has 29 heavy (non-hydrogen) atoms. The lowest BCUT2D eigenvalue weighted by atomic mass is 10.1. The lowest BCUT2D eigenvalue weighted by molar-refractivity contribution is -0.119. The Morgan fingerprint density at radius 2 is 1.72 bits per heavy atom. The molecular formula is C22H27N3O4. The summed E-state index contributed by atoms with van der Waals surface area (Å²) in [5.74, 6) is 0.178. The second kappa shape index (κ2) is 9.93. The second-order valence-electron chi connectivity index (χ2n) is 6.99. The Kier molecular flexibility index (Phi) is 7.08. The molecule has 2 amide bonds. The first-order valence-electron chi connectivity index (χ1n) is 9.71. The van der Waals surface area contributed by atoms with Crippen molar-refractivity contribution in [2.24, 2.45) is 5.73 Å². The number of primary amides is 1. The smallest absolute Gasteiger partial charge is 0.255 e. The molecule has 1 saturated heterocycles. The van der Waals surface area contributed by atoms with E-state index in [4.69, 9.17) is 15.2 Å². The molecule has 0 atom stereocenters. The number of piperazine rings is 1. The number of carbonyl (C=O) groups excluding carboxylic acids is 2. The van der Waals surface area contributed by atoms with E-state index in [1.54, 1.807) is 18.2 Å². The number of benzene rings is 2. The predicted octanol–water partition coefficient (Wildman–Crippen LogP) is 1.56. The lowest BCUT2D eigenvalue weighted by Gasteiger charge is -2.34. The third kappa shape index (κ3) is 5.71. The molecule has 7 nitrogen and oxygen atoms in total. The zero-order valence-electron chi connectivity index (χ0n) is 16.7. The predicted molar refractivity (Wildman–Crippen MR) is 110 cm³/mol. The molecule has 154 valence electrons. The summed E-state index contributed by atoms with van der Waals surface area (Å²) in [5, 5.41) is 0. The fourth-order valence-electron chi connectivity index (χ4n) is 3.36. The lowest BCUT2D eigenvalue weighted by Crippen LogP contribution is -2.49. The van der Waals surface area contributed by atoms with Crippen molar-refractivity contribution in [1.29, 1.82) is 0 Å². The van der Waals surface area contributed by atoms with Crippen LogP contribution in [0.25, 0.3) is 0 Å². The van der Waals surface area contributed by atoms with Crippen LogP contribution in [0.1, 0.15) is 15.9 Å². The molecule has 0 aromatic heterocycles. The van der Waals surface area contributed by atoms with Crippen molar-refractivity contribution in [3.05, 3.63) is 59.7 Å². The van der Waals surface area contributed by atoms with Crippen LogP contribution in [0.3, 0.4) is 0 Å². The summed E-state index contributed by atoms with van der Waals surface area (Å²) in [6, 6.07) is 15.4. The van der Waals surface area contributed by atoms with E-state index in [-0.39, 0.29) is 12.5 Å². The summed E-state index contributed by atoms with van der Waals surface area (Å²) in [4.78, 5) is 28.0. The molecule has 1 heterocycles. The molecule has 1 aliphatic heterocycles. The van der Waals surface area contributed by atoms with Crippen LogP contribution < -0.4 is 15.2 Å². The quantitative estimate of drug-likeness (QED) is 0.731. The van der Waals surface area contributed by atoms with Gasteiger partial charge in [0.25, 0.3) is 11.8 Å². The maximum absolute atomic E-state index is 12.9. The Labute approximate surface area is 171 Å². The van der Waals surface area contributed by atoms with Crippen molar-refractivity contribution in [2.75, 3.05) is 46.4 Å². The van der Waals surface area contributed by atoms with Crippen LogP contribution >= 0.6 is 0 Å². The zero-order valence-corrected chi connectivity index (χ0v) is 16.7. The Morgan fingerprint density at radius 1 is 1.00 bits per heavy atom. The van der Waals surface area contributed by atoms with Gasteiger partial charge < -0.3 is 20.1 Å². The first-order valence-corrected chi connectivity index (χ1v) is 9.71. The second-order valence-corrected chi connectivity index (χ2v) is 6.99. The number of hydrogen-bond acceptors (Lipinski definition) is 5. The van der Waals surface area contributed by atoms with E-state index in [1.807, 2.05) is 11.0 Å². The minimum Gasteiger partial charge on any atom is -0.493 e. The summed E-state index contributed by atoms with van der Waals surface area (Å²) in [5.41, 5.74) is 6.97. The van der Waals surface area contributed by atoms with Gasteiger partial charge in [0, 0.05) is 38.3 Å². The number of methoxy groups -OCH3 is 1. The maximum atomic E-state index is 12.9. The first kappa shape index (κ1) is 20.7. The van der Waals surface area contributed by atoms with Gasteiger partial charge in [0.1, 0.15) is 0 Å². The molecule has 1 fully saturated rings. The fraction of sp³-hybridized carbons (Fsp3) is 0.364. The highest BCUT2D eigenvalue weighted by Gasteiger charge is 2.23. The van der Waals surface area contributed by atoms with Gasteiger partial charge in [0.05, 0.1) is 7.11 Å². The molecule has 0 saturated carbocycles. The third-order valence-electron chi connectivity index (χ3n) is 5.00. The third-order valence-corrected chi connectivity index (χ3v) is 5.00. The van der Waals surface area contributed by atoms with Crippen LogP contribution in [0.2, 0.25) is 0 Å². The number of nitrogens with two attached hydrogens (primary N) is 1. The topological polar surface area (TPSA) is 85.1 Å². The van der Waals surface area contributed by atoms with Crippen molar-refractivity contribution >= 4 is 11.8 Å². The number of nitrogens with zero attached hydrogens (tertiary/aromatic N) is 2. The summed E-state index contributed by atoms with van der Waals surface area (Å²) >= 11 is 0. The monoisotopic (exact) mass is 397 g/mol. The van der Waals surface area contributed by atoms with Crippen LogP contribution in [0.15, 0.2) is 48.5 Å². The zero-order chi connectivity index (χ0) is 20.6. The average Bonchev–Trinajstić information content (AvgIpc) is 2.76. The van der Waals surface area contributed by atoms with Gasteiger partial charge in [-0.1, -0.05) is 30.3 Å². The van der Waals surface area contributed by atoms with Gasteiger partial charge in [-0.15, -0.1) is 0 Å². The Bertz CT molecular complexity index is 833. The standard InChI is InChI=1S/C22H27N3O4/c1-28-20-15-18(7-8-19(20)29-16-21(23)26)22(27)25-13-11-24(12-14-25)10-9-17-5-3-2-4-6-17/h2-8,15H,9-14,16H2,1H3,(H2,23,26). The number of rotatable bonds is 8. The van der Waals surface area contributed by atoms with Crippen LogP contribution in [-0.4, -0.2) is 68.1 Å². The van der Waals surface area contributed by atoms with Crippen molar-refractivity contribution in [3.63, 3.8) is 0 Å². The summed E-state index contributed by atoms with van der Waals surface area (Å²) in [6.07, 6.45) is 1.01. The van der Waals surface area contributed by atoms with E-state index in [0.717, 1.165) is 26.1 Å². The van der Waals surface area contributed by atoms with Crippen LogP contribution in [0.5, 0.6) is 11.5 Å². The molecule has 2 aromatic carbocycles. The van der Waals surface area contributed by atoms with Gasteiger partial charge in [-0.05, 0) is 30.2 Å². The molecule has 0 radical (unpaired) electrons. The molecule has 0 spiro atoms. The Balaban J connectivity index is 1.54. The fourth-order valence-corrected chi connectivity index (χ4v) is 3.36. The highest BCUT2D eigenvalue weighted by Crippen LogP contribution is 2.28. The number of amides is 2.